The summed E-state index contributed by atoms with van der Waals surface area (Å²) in [4.78, 5) is 25.7. The Balaban J connectivity index is 2.18. The number of aliphatic carboxylic acids is 1. The van der Waals surface area contributed by atoms with E-state index in [1.807, 2.05) is 0 Å². The van der Waals surface area contributed by atoms with Crippen LogP contribution in [0.1, 0.15) is 5.56 Å². The highest BCUT2D eigenvalue weighted by Crippen LogP contribution is 2.13. The molecule has 0 unspecified atom stereocenters. The SMILES string of the molecule is CN(CC(=O)O)Cc1ccc2oc(=O)[nH]c2c1. The van der Waals surface area contributed by atoms with Gasteiger partial charge in [-0.1, -0.05) is 6.07 Å². The highest BCUT2D eigenvalue weighted by Gasteiger charge is 2.07. The summed E-state index contributed by atoms with van der Waals surface area (Å²) in [6.07, 6.45) is 0. The number of hydrogen-bond acceptors (Lipinski definition) is 4. The van der Waals surface area contributed by atoms with Crippen molar-refractivity contribution in [1.29, 1.82) is 0 Å². The van der Waals surface area contributed by atoms with Gasteiger partial charge in [0, 0.05) is 6.54 Å². The average molecular weight is 236 g/mol. The molecule has 90 valence electrons. The first-order valence-electron chi connectivity index (χ1n) is 5.06. The van der Waals surface area contributed by atoms with Crippen LogP contribution in [-0.2, 0) is 11.3 Å². The maximum Gasteiger partial charge on any atom is 0.417 e. The number of carbonyl (C=O) groups is 1. The number of nitrogens with one attached hydrogen (secondary N) is 1. The van der Waals surface area contributed by atoms with Crippen molar-refractivity contribution in [3.8, 4) is 0 Å². The Morgan fingerprint density at radius 2 is 2.29 bits per heavy atom. The second kappa shape index (κ2) is 4.42. The number of aromatic amines is 1. The van der Waals surface area contributed by atoms with Crippen molar-refractivity contribution in [2.24, 2.45) is 0 Å². The van der Waals surface area contributed by atoms with E-state index in [0.717, 1.165) is 5.56 Å². The fraction of sp³-hybridized carbons (Fsp3) is 0.273. The zero-order valence-electron chi connectivity index (χ0n) is 9.27. The van der Waals surface area contributed by atoms with Crippen LogP contribution in [0, 0.1) is 0 Å². The lowest BCUT2D eigenvalue weighted by Crippen LogP contribution is -2.25. The quantitative estimate of drug-likeness (QED) is 0.813. The molecule has 1 aromatic heterocycles. The molecular formula is C11H12N2O4. The van der Waals surface area contributed by atoms with Crippen molar-refractivity contribution in [3.05, 3.63) is 34.3 Å². The van der Waals surface area contributed by atoms with Gasteiger partial charge in [-0.15, -0.1) is 0 Å². The van der Waals surface area contributed by atoms with E-state index in [1.165, 1.54) is 0 Å². The van der Waals surface area contributed by atoms with Crippen molar-refractivity contribution in [2.45, 2.75) is 6.54 Å². The Morgan fingerprint density at radius 1 is 1.53 bits per heavy atom. The molecule has 0 aliphatic carbocycles. The van der Waals surface area contributed by atoms with E-state index in [4.69, 9.17) is 9.52 Å². The Bertz CT molecular complexity index is 599. The monoisotopic (exact) mass is 236 g/mol. The Labute approximate surface area is 96.5 Å². The first-order valence-corrected chi connectivity index (χ1v) is 5.06. The average Bonchev–Trinajstić information content (AvgIpc) is 2.55. The zero-order valence-corrected chi connectivity index (χ0v) is 9.27. The fourth-order valence-electron chi connectivity index (χ4n) is 1.70. The fourth-order valence-corrected chi connectivity index (χ4v) is 1.70. The molecular weight excluding hydrogens is 224 g/mol. The number of oxazole rings is 1. The summed E-state index contributed by atoms with van der Waals surface area (Å²) in [5, 5.41) is 8.63. The number of benzene rings is 1. The lowest BCUT2D eigenvalue weighted by atomic mass is 10.2. The standard InChI is InChI=1S/C11H12N2O4/c1-13(6-10(14)15)5-7-2-3-9-8(4-7)12-11(16)17-9/h2-4H,5-6H2,1H3,(H,12,16)(H,14,15). The number of nitrogens with zero attached hydrogens (tertiary/aromatic N) is 1. The van der Waals surface area contributed by atoms with Crippen molar-refractivity contribution in [3.63, 3.8) is 0 Å². The number of carboxylic acid groups (broad SMARTS) is 1. The van der Waals surface area contributed by atoms with Crippen LogP contribution in [0.25, 0.3) is 11.1 Å². The van der Waals surface area contributed by atoms with Crippen LogP contribution in [0.2, 0.25) is 0 Å². The van der Waals surface area contributed by atoms with Crippen LogP contribution in [0.15, 0.2) is 27.4 Å². The topological polar surface area (TPSA) is 86.5 Å². The van der Waals surface area contributed by atoms with Gasteiger partial charge in [0.25, 0.3) is 0 Å². The van der Waals surface area contributed by atoms with Crippen LogP contribution < -0.4 is 5.76 Å². The van der Waals surface area contributed by atoms with E-state index in [9.17, 15) is 9.59 Å². The molecule has 0 atom stereocenters. The number of H-pyrrole nitrogens is 1. The van der Waals surface area contributed by atoms with E-state index in [0.29, 0.717) is 17.6 Å². The third kappa shape index (κ3) is 2.73. The molecule has 0 spiro atoms. The van der Waals surface area contributed by atoms with Crippen LogP contribution in [0.5, 0.6) is 0 Å². The molecule has 2 aromatic rings. The Kier molecular flexibility index (Phi) is 2.97. The van der Waals surface area contributed by atoms with E-state index in [1.54, 1.807) is 30.1 Å². The summed E-state index contributed by atoms with van der Waals surface area (Å²) >= 11 is 0. The number of fused-ring (bicyclic) bond motifs is 1. The maximum atomic E-state index is 11.0. The molecule has 0 amide bonds. The van der Waals surface area contributed by atoms with Gasteiger partial charge in [0.15, 0.2) is 5.58 Å². The maximum absolute atomic E-state index is 11.0. The van der Waals surface area contributed by atoms with E-state index < -0.39 is 11.7 Å². The molecule has 0 fully saturated rings. The molecule has 1 heterocycles. The molecule has 6 heteroatoms. The van der Waals surface area contributed by atoms with Crippen LogP contribution >= 0.6 is 0 Å². The Hall–Kier alpha value is -2.08. The third-order valence-corrected chi connectivity index (χ3v) is 2.34. The largest absolute Gasteiger partial charge is 0.480 e. The molecule has 2 rings (SSSR count). The second-order valence-electron chi connectivity index (χ2n) is 3.91. The van der Waals surface area contributed by atoms with Gasteiger partial charge in [-0.05, 0) is 24.7 Å². The van der Waals surface area contributed by atoms with Crippen LogP contribution in [0.3, 0.4) is 0 Å². The first kappa shape index (κ1) is 11.4. The number of rotatable bonds is 4. The van der Waals surface area contributed by atoms with Crippen LogP contribution in [0.4, 0.5) is 0 Å². The normalized spacial score (nSPS) is 11.2. The minimum absolute atomic E-state index is 0.0278. The molecule has 0 aliphatic rings. The third-order valence-electron chi connectivity index (χ3n) is 2.34. The van der Waals surface area contributed by atoms with Gasteiger partial charge in [-0.3, -0.25) is 14.7 Å². The van der Waals surface area contributed by atoms with Gasteiger partial charge in [0.1, 0.15) is 0 Å². The Morgan fingerprint density at radius 3 is 3.00 bits per heavy atom. The molecule has 0 saturated carbocycles. The summed E-state index contributed by atoms with van der Waals surface area (Å²) in [6.45, 7) is 0.468. The van der Waals surface area contributed by atoms with Crippen molar-refractivity contribution < 1.29 is 14.3 Å². The van der Waals surface area contributed by atoms with E-state index in [-0.39, 0.29) is 6.54 Å². The van der Waals surface area contributed by atoms with Crippen molar-refractivity contribution >= 4 is 17.1 Å². The summed E-state index contributed by atoms with van der Waals surface area (Å²) in [5.41, 5.74) is 2.04. The lowest BCUT2D eigenvalue weighted by molar-refractivity contribution is -0.138. The minimum Gasteiger partial charge on any atom is -0.480 e. The summed E-state index contributed by atoms with van der Waals surface area (Å²) in [7, 11) is 1.72. The number of carboxylic acids is 1. The summed E-state index contributed by atoms with van der Waals surface area (Å²) in [6, 6.07) is 5.27. The molecule has 0 aliphatic heterocycles. The van der Waals surface area contributed by atoms with Gasteiger partial charge < -0.3 is 9.52 Å². The number of hydrogen-bond donors (Lipinski definition) is 2. The lowest BCUT2D eigenvalue weighted by Gasteiger charge is -2.13. The predicted octanol–water partition coefficient (Wildman–Crippen LogP) is 0.637. The van der Waals surface area contributed by atoms with E-state index >= 15 is 0 Å². The highest BCUT2D eigenvalue weighted by molar-refractivity contribution is 5.72. The molecule has 0 bridgehead atoms. The summed E-state index contributed by atoms with van der Waals surface area (Å²) in [5.74, 6) is -1.36. The zero-order chi connectivity index (χ0) is 12.4. The number of aromatic nitrogens is 1. The predicted molar refractivity (Wildman–Crippen MR) is 60.8 cm³/mol. The molecule has 0 saturated heterocycles. The molecule has 6 nitrogen and oxygen atoms in total. The highest BCUT2D eigenvalue weighted by atomic mass is 16.4. The van der Waals surface area contributed by atoms with Gasteiger partial charge in [0.2, 0.25) is 0 Å². The minimum atomic E-state index is -0.870. The molecule has 17 heavy (non-hydrogen) atoms. The summed E-state index contributed by atoms with van der Waals surface area (Å²) < 4.78 is 4.87. The van der Waals surface area contributed by atoms with Crippen molar-refractivity contribution in [1.82, 2.24) is 9.88 Å². The van der Waals surface area contributed by atoms with Gasteiger partial charge in [-0.25, -0.2) is 4.79 Å². The molecule has 0 radical (unpaired) electrons. The van der Waals surface area contributed by atoms with Gasteiger partial charge in [0.05, 0.1) is 12.1 Å². The van der Waals surface area contributed by atoms with Crippen LogP contribution in [-0.4, -0.2) is 34.6 Å². The van der Waals surface area contributed by atoms with Gasteiger partial charge >= 0.3 is 11.7 Å². The smallest absolute Gasteiger partial charge is 0.417 e. The first-order chi connectivity index (χ1) is 8.04. The molecule has 2 N–H and O–H groups in total. The second-order valence-corrected chi connectivity index (χ2v) is 3.91. The van der Waals surface area contributed by atoms with Gasteiger partial charge in [-0.2, -0.15) is 0 Å². The molecule has 1 aromatic carbocycles. The van der Waals surface area contributed by atoms with Crippen molar-refractivity contribution in [2.75, 3.05) is 13.6 Å². The number of likely N-dealkylation sites (N-methyl/N-ethyl adjacent to an activating group) is 1. The van der Waals surface area contributed by atoms with E-state index in [2.05, 4.69) is 4.98 Å².